The van der Waals surface area contributed by atoms with E-state index in [0.717, 1.165) is 0 Å². The molecule has 36 heavy (non-hydrogen) atoms. The Morgan fingerprint density at radius 1 is 1.19 bits per heavy atom. The molecule has 11 heteroatoms. The van der Waals surface area contributed by atoms with Gasteiger partial charge in [-0.15, -0.1) is 0 Å². The van der Waals surface area contributed by atoms with Crippen LogP contribution >= 0.6 is 15.9 Å². The Morgan fingerprint density at radius 2 is 1.92 bits per heavy atom. The average Bonchev–Trinajstić information content (AvgIpc) is 3.41. The van der Waals surface area contributed by atoms with E-state index >= 15 is 0 Å². The molecule has 7 atom stereocenters. The minimum Gasteiger partial charge on any atom is -0.460 e. The van der Waals surface area contributed by atoms with Crippen molar-refractivity contribution in [3.8, 4) is 0 Å². The van der Waals surface area contributed by atoms with Crippen molar-refractivity contribution in [1.29, 1.82) is 0 Å². The number of rotatable bonds is 3. The second-order valence-electron chi connectivity index (χ2n) is 10.3. The van der Waals surface area contributed by atoms with Crippen LogP contribution in [-0.2, 0) is 28.7 Å². The van der Waals surface area contributed by atoms with Gasteiger partial charge in [-0.05, 0) is 40.2 Å². The molecule has 0 unspecified atom stereocenters. The first-order chi connectivity index (χ1) is 17.0. The SMILES string of the molecule is CC(C)N1C/C=C\CCC(=O)NC[C@H](C)OC(=O)[C@H]2[C@@H]3O[C@@]4(C=C3Br)[C@@H]2C(=O)N([C@H](C)CO)[C@@H]4C1=O. The molecule has 5 bridgehead atoms. The first-order valence-corrected chi connectivity index (χ1v) is 13.2. The van der Waals surface area contributed by atoms with E-state index in [-0.39, 0.29) is 44.0 Å². The van der Waals surface area contributed by atoms with Crippen molar-refractivity contribution in [2.45, 2.75) is 76.5 Å². The summed E-state index contributed by atoms with van der Waals surface area (Å²) in [5, 5.41) is 12.7. The van der Waals surface area contributed by atoms with Gasteiger partial charge < -0.3 is 29.7 Å². The summed E-state index contributed by atoms with van der Waals surface area (Å²) in [6, 6.07) is -1.92. The Hall–Kier alpha value is -2.24. The van der Waals surface area contributed by atoms with Crippen LogP contribution in [0.2, 0.25) is 0 Å². The van der Waals surface area contributed by atoms with E-state index < -0.39 is 53.6 Å². The van der Waals surface area contributed by atoms with Gasteiger partial charge in [0, 0.05) is 23.5 Å². The lowest BCUT2D eigenvalue weighted by Gasteiger charge is -2.39. The Labute approximate surface area is 219 Å². The molecule has 0 radical (unpaired) electrons. The Balaban J connectivity index is 1.81. The number of fused-ring (bicyclic) bond motifs is 2. The smallest absolute Gasteiger partial charge is 0.313 e. The first kappa shape index (κ1) is 26.8. The molecule has 4 aliphatic rings. The molecule has 198 valence electrons. The molecule has 2 saturated heterocycles. The van der Waals surface area contributed by atoms with Crippen molar-refractivity contribution < 1.29 is 33.8 Å². The number of amides is 3. The van der Waals surface area contributed by atoms with Crippen LogP contribution in [0.15, 0.2) is 22.7 Å². The molecular formula is C25H34BrN3O7. The summed E-state index contributed by atoms with van der Waals surface area (Å²) < 4.78 is 12.6. The van der Waals surface area contributed by atoms with Crippen LogP contribution in [0, 0.1) is 11.8 Å². The van der Waals surface area contributed by atoms with Gasteiger partial charge in [0.15, 0.2) is 0 Å². The number of nitrogens with one attached hydrogen (secondary N) is 1. The van der Waals surface area contributed by atoms with Gasteiger partial charge in [-0.3, -0.25) is 19.2 Å². The molecular weight excluding hydrogens is 534 g/mol. The van der Waals surface area contributed by atoms with Crippen molar-refractivity contribution in [2.75, 3.05) is 19.7 Å². The van der Waals surface area contributed by atoms with Gasteiger partial charge >= 0.3 is 5.97 Å². The van der Waals surface area contributed by atoms with Gasteiger partial charge in [0.1, 0.15) is 29.8 Å². The Morgan fingerprint density at radius 3 is 2.58 bits per heavy atom. The summed E-state index contributed by atoms with van der Waals surface area (Å²) in [7, 11) is 0. The summed E-state index contributed by atoms with van der Waals surface area (Å²) in [6.45, 7) is 7.18. The Bertz CT molecular complexity index is 998. The number of aliphatic hydroxyl groups is 1. The molecule has 0 aromatic rings. The molecule has 1 spiro atoms. The molecule has 0 aromatic heterocycles. The quantitative estimate of drug-likeness (QED) is 0.383. The summed E-state index contributed by atoms with van der Waals surface area (Å²) >= 11 is 3.49. The Kier molecular flexibility index (Phi) is 7.64. The van der Waals surface area contributed by atoms with Crippen molar-refractivity contribution in [3.63, 3.8) is 0 Å². The number of esters is 1. The maximum absolute atomic E-state index is 14.1. The van der Waals surface area contributed by atoms with E-state index in [1.807, 2.05) is 26.0 Å². The van der Waals surface area contributed by atoms with Gasteiger partial charge in [-0.25, -0.2) is 0 Å². The van der Waals surface area contributed by atoms with E-state index in [4.69, 9.17) is 9.47 Å². The summed E-state index contributed by atoms with van der Waals surface area (Å²) in [5.41, 5.74) is -1.37. The predicted octanol–water partition coefficient (Wildman–Crippen LogP) is 0.875. The summed E-state index contributed by atoms with van der Waals surface area (Å²) in [4.78, 5) is 56.6. The van der Waals surface area contributed by atoms with Crippen LogP contribution in [-0.4, -0.2) is 94.2 Å². The number of aliphatic hydroxyl groups excluding tert-OH is 1. The van der Waals surface area contributed by atoms with Gasteiger partial charge in [0.25, 0.3) is 0 Å². The van der Waals surface area contributed by atoms with Gasteiger partial charge in [-0.2, -0.15) is 0 Å². The van der Waals surface area contributed by atoms with Crippen molar-refractivity contribution >= 4 is 39.6 Å². The highest BCUT2D eigenvalue weighted by molar-refractivity contribution is 9.11. The molecule has 2 fully saturated rings. The third-order valence-corrected chi connectivity index (χ3v) is 8.11. The molecule has 4 heterocycles. The zero-order chi connectivity index (χ0) is 26.4. The normalized spacial score (nSPS) is 37.1. The molecule has 0 aromatic carbocycles. The van der Waals surface area contributed by atoms with Crippen molar-refractivity contribution in [3.05, 3.63) is 22.7 Å². The van der Waals surface area contributed by atoms with Gasteiger partial charge in [0.2, 0.25) is 17.7 Å². The number of allylic oxidation sites excluding steroid dienone is 1. The van der Waals surface area contributed by atoms with E-state index in [9.17, 15) is 24.3 Å². The lowest BCUT2D eigenvalue weighted by atomic mass is 9.74. The molecule has 4 rings (SSSR count). The number of nitrogens with zero attached hydrogens (tertiary/aromatic N) is 2. The summed E-state index contributed by atoms with van der Waals surface area (Å²) in [6.07, 6.45) is 4.80. The highest BCUT2D eigenvalue weighted by Gasteiger charge is 2.75. The monoisotopic (exact) mass is 567 g/mol. The largest absolute Gasteiger partial charge is 0.460 e. The average molecular weight is 568 g/mol. The van der Waals surface area contributed by atoms with Crippen LogP contribution < -0.4 is 5.32 Å². The maximum Gasteiger partial charge on any atom is 0.313 e. The molecule has 0 saturated carbocycles. The highest BCUT2D eigenvalue weighted by atomic mass is 79.9. The standard InChI is InChI=1S/C25H34BrN3O7/c1-13(2)28-9-7-5-6-8-17(31)27-11-15(4)35-24(34)18-19-22(32)29(14(3)12-30)21(23(28)33)25(19)10-16(26)20(18)36-25/h5,7,10,13-15,18-21,30H,6,8-9,11-12H2,1-4H3,(H,27,31)/b7-5-/t14-,15+,18-,19+,20-,21-,25+/m1/s1. The van der Waals surface area contributed by atoms with Crippen LogP contribution in [0.25, 0.3) is 0 Å². The number of likely N-dealkylation sites (tertiary alicyclic amines) is 1. The molecule has 10 nitrogen and oxygen atoms in total. The minimum absolute atomic E-state index is 0.142. The van der Waals surface area contributed by atoms with E-state index in [0.29, 0.717) is 10.9 Å². The minimum atomic E-state index is -1.37. The number of ether oxygens (including phenoxy) is 2. The molecule has 0 aliphatic carbocycles. The van der Waals surface area contributed by atoms with Gasteiger partial charge in [0.05, 0.1) is 25.1 Å². The van der Waals surface area contributed by atoms with Crippen LogP contribution in [0.4, 0.5) is 0 Å². The van der Waals surface area contributed by atoms with E-state index in [1.54, 1.807) is 24.8 Å². The number of halogens is 1. The second-order valence-corrected chi connectivity index (χ2v) is 11.2. The number of carbonyl (C=O) groups is 4. The topological polar surface area (TPSA) is 125 Å². The maximum atomic E-state index is 14.1. The van der Waals surface area contributed by atoms with Crippen molar-refractivity contribution in [2.24, 2.45) is 11.8 Å². The second kappa shape index (κ2) is 10.3. The fourth-order valence-corrected chi connectivity index (χ4v) is 6.40. The highest BCUT2D eigenvalue weighted by Crippen LogP contribution is 2.59. The van der Waals surface area contributed by atoms with Crippen LogP contribution in [0.3, 0.4) is 0 Å². The third-order valence-electron chi connectivity index (χ3n) is 7.43. The van der Waals surface area contributed by atoms with E-state index in [2.05, 4.69) is 21.2 Å². The van der Waals surface area contributed by atoms with Crippen molar-refractivity contribution in [1.82, 2.24) is 15.1 Å². The number of hydrogen-bond donors (Lipinski definition) is 2. The van der Waals surface area contributed by atoms with Gasteiger partial charge in [-0.1, -0.05) is 28.1 Å². The number of hydrogen-bond acceptors (Lipinski definition) is 7. The third kappa shape index (κ3) is 4.39. The molecule has 3 amide bonds. The first-order valence-electron chi connectivity index (χ1n) is 12.4. The van der Waals surface area contributed by atoms with Crippen LogP contribution in [0.5, 0.6) is 0 Å². The van der Waals surface area contributed by atoms with Crippen LogP contribution in [0.1, 0.15) is 40.5 Å². The fraction of sp³-hybridized carbons (Fsp3) is 0.680. The predicted molar refractivity (Wildman–Crippen MR) is 133 cm³/mol. The number of cyclic esters (lactones) is 1. The zero-order valence-corrected chi connectivity index (χ0v) is 22.6. The number of carbonyl (C=O) groups excluding carboxylic acids is 4. The lowest BCUT2D eigenvalue weighted by Crippen LogP contribution is -2.59. The fourth-order valence-electron chi connectivity index (χ4n) is 5.67. The summed E-state index contributed by atoms with van der Waals surface area (Å²) in [5.74, 6) is -3.47. The molecule has 4 aliphatic heterocycles. The lowest BCUT2D eigenvalue weighted by molar-refractivity contribution is -0.159. The molecule has 2 N–H and O–H groups in total. The zero-order valence-electron chi connectivity index (χ0n) is 21.0. The van der Waals surface area contributed by atoms with E-state index in [1.165, 1.54) is 4.90 Å².